The second-order valence-corrected chi connectivity index (χ2v) is 8.43. The number of carbonyl (C=O) groups is 1. The number of carbonyl (C=O) groups excluding carboxylic acids is 1. The summed E-state index contributed by atoms with van der Waals surface area (Å²) in [5.41, 5.74) is 0.879. The highest BCUT2D eigenvalue weighted by atomic mass is 32.2. The molecular weight excluding hydrogens is 441 g/mol. The van der Waals surface area contributed by atoms with Gasteiger partial charge in [0.05, 0.1) is 24.1 Å². The molecule has 11 heteroatoms. The molecule has 0 saturated heterocycles. The number of thioether (sulfide) groups is 1. The summed E-state index contributed by atoms with van der Waals surface area (Å²) in [6.07, 6.45) is 1.55. The summed E-state index contributed by atoms with van der Waals surface area (Å²) >= 11 is 2.51. The largest absolute Gasteiger partial charge is 0.467 e. The Kier molecular flexibility index (Phi) is 5.04. The van der Waals surface area contributed by atoms with Crippen molar-refractivity contribution in [3.63, 3.8) is 0 Å². The van der Waals surface area contributed by atoms with Crippen molar-refractivity contribution in [2.45, 2.75) is 11.7 Å². The number of anilines is 1. The number of furan rings is 1. The Bertz CT molecular complexity index is 1460. The van der Waals surface area contributed by atoms with Crippen molar-refractivity contribution in [1.82, 2.24) is 19.2 Å². The van der Waals surface area contributed by atoms with E-state index in [1.54, 1.807) is 28.9 Å². The van der Waals surface area contributed by atoms with Crippen LogP contribution in [0.4, 0.5) is 10.1 Å². The van der Waals surface area contributed by atoms with Crippen LogP contribution < -0.4 is 10.9 Å². The summed E-state index contributed by atoms with van der Waals surface area (Å²) < 4.78 is 22.5. The maximum Gasteiger partial charge on any atom is 0.273 e. The first kappa shape index (κ1) is 19.5. The molecule has 5 aromatic rings. The molecule has 0 aliphatic rings. The number of fused-ring (bicyclic) bond motifs is 3. The normalized spacial score (nSPS) is 11.4. The van der Waals surface area contributed by atoms with Crippen molar-refractivity contribution in [3.8, 4) is 0 Å². The molecule has 0 bridgehead atoms. The third-order valence-electron chi connectivity index (χ3n) is 4.52. The molecule has 156 valence electrons. The van der Waals surface area contributed by atoms with Gasteiger partial charge in [0, 0.05) is 5.69 Å². The molecule has 5 rings (SSSR count). The molecule has 8 nitrogen and oxygen atoms in total. The molecule has 1 aromatic carbocycles. The first-order chi connectivity index (χ1) is 15.1. The summed E-state index contributed by atoms with van der Waals surface area (Å²) in [6.45, 7) is 0.214. The predicted molar refractivity (Wildman–Crippen MR) is 116 cm³/mol. The van der Waals surface area contributed by atoms with E-state index >= 15 is 0 Å². The number of thiophene rings is 1. The molecule has 1 amide bonds. The Balaban J connectivity index is 1.46. The van der Waals surface area contributed by atoms with Crippen LogP contribution >= 0.6 is 23.1 Å². The van der Waals surface area contributed by atoms with E-state index in [2.05, 4.69) is 15.5 Å². The summed E-state index contributed by atoms with van der Waals surface area (Å²) in [7, 11) is 0. The molecule has 1 N–H and O–H groups in total. The van der Waals surface area contributed by atoms with E-state index in [4.69, 9.17) is 4.42 Å². The first-order valence-electron chi connectivity index (χ1n) is 9.16. The van der Waals surface area contributed by atoms with Gasteiger partial charge in [0.15, 0.2) is 5.16 Å². The van der Waals surface area contributed by atoms with Gasteiger partial charge in [-0.3, -0.25) is 18.6 Å². The summed E-state index contributed by atoms with van der Waals surface area (Å²) in [4.78, 5) is 25.3. The van der Waals surface area contributed by atoms with E-state index in [1.807, 2.05) is 11.4 Å². The van der Waals surface area contributed by atoms with E-state index in [1.165, 1.54) is 45.9 Å². The van der Waals surface area contributed by atoms with Gasteiger partial charge in [0.2, 0.25) is 11.7 Å². The Hall–Kier alpha value is -3.44. The first-order valence-corrected chi connectivity index (χ1v) is 11.0. The average Bonchev–Trinajstić information content (AvgIpc) is 3.50. The topological polar surface area (TPSA) is 94.4 Å². The number of nitrogens with zero attached hydrogens (tertiary/aromatic N) is 4. The Morgan fingerprint density at radius 1 is 1.23 bits per heavy atom. The van der Waals surface area contributed by atoms with Gasteiger partial charge < -0.3 is 9.73 Å². The van der Waals surface area contributed by atoms with Crippen LogP contribution in [0.1, 0.15) is 5.76 Å². The van der Waals surface area contributed by atoms with Crippen LogP contribution in [0.3, 0.4) is 0 Å². The zero-order valence-electron chi connectivity index (χ0n) is 15.8. The van der Waals surface area contributed by atoms with Crippen LogP contribution in [-0.2, 0) is 11.3 Å². The lowest BCUT2D eigenvalue weighted by atomic mass is 10.3. The van der Waals surface area contributed by atoms with Gasteiger partial charge in [-0.1, -0.05) is 17.8 Å². The molecular formula is C20H14FN5O3S2. The van der Waals surface area contributed by atoms with Crippen molar-refractivity contribution >= 4 is 50.7 Å². The van der Waals surface area contributed by atoms with Crippen LogP contribution in [0, 0.1) is 5.82 Å². The molecule has 0 unspecified atom stereocenters. The van der Waals surface area contributed by atoms with E-state index < -0.39 is 5.82 Å². The molecule has 0 atom stereocenters. The second-order valence-electron chi connectivity index (χ2n) is 6.57. The minimum absolute atomic E-state index is 0.0419. The SMILES string of the molecule is O=C(CSc1nnc2n(Cc3ccco3)c(=O)c3sccc3n12)Nc1cccc(F)c1. The van der Waals surface area contributed by atoms with E-state index in [-0.39, 0.29) is 23.8 Å². The molecule has 4 heterocycles. The fraction of sp³-hybridized carbons (Fsp3) is 0.100. The lowest BCUT2D eigenvalue weighted by molar-refractivity contribution is -0.113. The van der Waals surface area contributed by atoms with Gasteiger partial charge in [-0.2, -0.15) is 0 Å². The summed E-state index contributed by atoms with van der Waals surface area (Å²) in [5, 5.41) is 13.4. The summed E-state index contributed by atoms with van der Waals surface area (Å²) in [6, 6.07) is 11.0. The fourth-order valence-corrected chi connectivity index (χ4v) is 4.75. The lowest BCUT2D eigenvalue weighted by Crippen LogP contribution is -2.23. The van der Waals surface area contributed by atoms with Crippen LogP contribution in [0.2, 0.25) is 0 Å². The molecule has 4 aromatic heterocycles. The van der Waals surface area contributed by atoms with Crippen molar-refractivity contribution < 1.29 is 13.6 Å². The van der Waals surface area contributed by atoms with Crippen molar-refractivity contribution in [3.05, 3.63) is 76.0 Å². The van der Waals surface area contributed by atoms with Gasteiger partial charge >= 0.3 is 0 Å². The zero-order chi connectivity index (χ0) is 21.4. The van der Waals surface area contributed by atoms with Gasteiger partial charge in [-0.25, -0.2) is 4.39 Å². The molecule has 0 aliphatic heterocycles. The predicted octanol–water partition coefficient (Wildman–Crippen LogP) is 3.62. The van der Waals surface area contributed by atoms with Crippen LogP contribution in [0.15, 0.2) is 68.5 Å². The third-order valence-corrected chi connectivity index (χ3v) is 6.34. The molecule has 0 saturated carbocycles. The van der Waals surface area contributed by atoms with Gasteiger partial charge in [0.25, 0.3) is 5.56 Å². The van der Waals surface area contributed by atoms with Crippen molar-refractivity contribution in [2.24, 2.45) is 0 Å². The Labute approximate surface area is 182 Å². The van der Waals surface area contributed by atoms with Crippen LogP contribution in [-0.4, -0.2) is 30.8 Å². The van der Waals surface area contributed by atoms with Crippen LogP contribution in [0.25, 0.3) is 16.0 Å². The smallest absolute Gasteiger partial charge is 0.273 e. The standard InChI is InChI=1S/C20H14FN5O3S2/c21-12-3-1-4-13(9-12)22-16(27)11-31-20-24-23-19-25(10-14-5-2-7-29-14)18(28)17-15(26(19)20)6-8-30-17/h1-9H,10-11H2,(H,22,27). The van der Waals surface area contributed by atoms with E-state index in [0.29, 0.717) is 32.6 Å². The summed E-state index contributed by atoms with van der Waals surface area (Å²) in [5.74, 6) is 0.285. The quantitative estimate of drug-likeness (QED) is 0.393. The minimum atomic E-state index is -0.428. The van der Waals surface area contributed by atoms with Crippen molar-refractivity contribution in [1.29, 1.82) is 0 Å². The highest BCUT2D eigenvalue weighted by Gasteiger charge is 2.19. The highest BCUT2D eigenvalue weighted by Crippen LogP contribution is 2.25. The average molecular weight is 455 g/mol. The fourth-order valence-electron chi connectivity index (χ4n) is 3.19. The number of halogens is 1. The van der Waals surface area contributed by atoms with Gasteiger partial charge in [0.1, 0.15) is 16.3 Å². The molecule has 0 fully saturated rings. The third kappa shape index (κ3) is 3.73. The maximum atomic E-state index is 13.3. The number of rotatable bonds is 6. The molecule has 31 heavy (non-hydrogen) atoms. The highest BCUT2D eigenvalue weighted by molar-refractivity contribution is 7.99. The number of nitrogens with one attached hydrogen (secondary N) is 1. The van der Waals surface area contributed by atoms with Crippen molar-refractivity contribution in [2.75, 3.05) is 11.1 Å². The number of aromatic nitrogens is 4. The number of hydrogen-bond acceptors (Lipinski definition) is 7. The Morgan fingerprint density at radius 2 is 2.13 bits per heavy atom. The monoisotopic (exact) mass is 455 g/mol. The second kappa shape index (κ2) is 8.00. The Morgan fingerprint density at radius 3 is 2.94 bits per heavy atom. The van der Waals surface area contributed by atoms with Crippen LogP contribution in [0.5, 0.6) is 0 Å². The lowest BCUT2D eigenvalue weighted by Gasteiger charge is -2.08. The molecule has 0 aliphatic carbocycles. The molecule has 0 radical (unpaired) electrons. The maximum absolute atomic E-state index is 13.3. The number of benzene rings is 1. The van der Waals surface area contributed by atoms with E-state index in [0.717, 1.165) is 0 Å². The van der Waals surface area contributed by atoms with Gasteiger partial charge in [-0.05, 0) is 41.8 Å². The minimum Gasteiger partial charge on any atom is -0.467 e. The molecule has 0 spiro atoms. The van der Waals surface area contributed by atoms with Gasteiger partial charge in [-0.15, -0.1) is 21.5 Å². The van der Waals surface area contributed by atoms with E-state index in [9.17, 15) is 14.0 Å². The zero-order valence-corrected chi connectivity index (χ0v) is 17.5. The number of amides is 1. The number of hydrogen-bond donors (Lipinski definition) is 1.